The van der Waals surface area contributed by atoms with E-state index in [1.54, 1.807) is 0 Å². The molecule has 1 aromatic carbocycles. The topological polar surface area (TPSA) is 20.2 Å². The molecule has 1 aromatic rings. The van der Waals surface area contributed by atoms with Crippen LogP contribution in [0.15, 0.2) is 18.2 Å². The summed E-state index contributed by atoms with van der Waals surface area (Å²) >= 11 is 6.14. The predicted molar refractivity (Wildman–Crippen MR) is 63.2 cm³/mol. The highest BCUT2D eigenvalue weighted by Crippen LogP contribution is 2.40. The Morgan fingerprint density at radius 1 is 1.47 bits per heavy atom. The second-order valence-corrected chi connectivity index (χ2v) is 5.42. The highest BCUT2D eigenvalue weighted by molar-refractivity contribution is 6.31. The quantitative estimate of drug-likeness (QED) is 0.817. The molecule has 0 heterocycles. The van der Waals surface area contributed by atoms with E-state index in [-0.39, 0.29) is 0 Å². The third kappa shape index (κ3) is 2.35. The molecule has 0 unspecified atom stereocenters. The standard InChI is InChI=1S/C13H17ClO/c1-9-3-4-11(12(14)5-9)8-13(15)6-10(2)7-13/h3-5,10,15H,6-8H2,1-2H3. The SMILES string of the molecule is Cc1ccc(CC2(O)CC(C)C2)c(Cl)c1. The first-order chi connectivity index (χ1) is 6.98. The molecule has 0 amide bonds. The maximum absolute atomic E-state index is 10.2. The molecular weight excluding hydrogens is 208 g/mol. The van der Waals surface area contributed by atoms with E-state index in [0.29, 0.717) is 12.3 Å². The summed E-state index contributed by atoms with van der Waals surface area (Å²) in [6.07, 6.45) is 2.49. The minimum Gasteiger partial charge on any atom is -0.390 e. The molecule has 82 valence electrons. The molecule has 0 radical (unpaired) electrons. The Kier molecular flexibility index (Phi) is 2.78. The molecule has 1 N–H and O–H groups in total. The molecule has 1 saturated carbocycles. The van der Waals surface area contributed by atoms with E-state index in [1.165, 1.54) is 0 Å². The molecule has 0 aliphatic heterocycles. The third-order valence-electron chi connectivity index (χ3n) is 3.18. The van der Waals surface area contributed by atoms with Crippen molar-refractivity contribution in [1.82, 2.24) is 0 Å². The van der Waals surface area contributed by atoms with Crippen molar-refractivity contribution in [1.29, 1.82) is 0 Å². The molecule has 15 heavy (non-hydrogen) atoms. The second-order valence-electron chi connectivity index (χ2n) is 5.01. The lowest BCUT2D eigenvalue weighted by Crippen LogP contribution is -2.44. The number of rotatable bonds is 2. The average molecular weight is 225 g/mol. The summed E-state index contributed by atoms with van der Waals surface area (Å²) in [7, 11) is 0. The van der Waals surface area contributed by atoms with Crippen LogP contribution in [-0.4, -0.2) is 10.7 Å². The number of halogens is 1. The fourth-order valence-electron chi connectivity index (χ4n) is 2.53. The first kappa shape index (κ1) is 11.0. The summed E-state index contributed by atoms with van der Waals surface area (Å²) in [4.78, 5) is 0. The van der Waals surface area contributed by atoms with Crippen molar-refractivity contribution in [3.63, 3.8) is 0 Å². The molecule has 0 saturated heterocycles. The van der Waals surface area contributed by atoms with Crippen LogP contribution in [0.25, 0.3) is 0 Å². The molecule has 0 spiro atoms. The van der Waals surface area contributed by atoms with Crippen molar-refractivity contribution >= 4 is 11.6 Å². The third-order valence-corrected chi connectivity index (χ3v) is 3.54. The van der Waals surface area contributed by atoms with Crippen LogP contribution in [0.2, 0.25) is 5.02 Å². The van der Waals surface area contributed by atoms with E-state index in [2.05, 4.69) is 6.92 Å². The summed E-state index contributed by atoms with van der Waals surface area (Å²) in [6, 6.07) is 6.04. The molecular formula is C13H17ClO. The van der Waals surface area contributed by atoms with Crippen LogP contribution in [0.4, 0.5) is 0 Å². The minimum atomic E-state index is -0.502. The minimum absolute atomic E-state index is 0.502. The first-order valence-corrected chi connectivity index (χ1v) is 5.84. The van der Waals surface area contributed by atoms with E-state index in [4.69, 9.17) is 11.6 Å². The van der Waals surface area contributed by atoms with Crippen LogP contribution in [0.5, 0.6) is 0 Å². The van der Waals surface area contributed by atoms with E-state index in [9.17, 15) is 5.11 Å². The van der Waals surface area contributed by atoms with Gasteiger partial charge in [-0.3, -0.25) is 0 Å². The second kappa shape index (κ2) is 3.80. The lowest BCUT2D eigenvalue weighted by atomic mass is 9.69. The lowest BCUT2D eigenvalue weighted by Gasteiger charge is -2.42. The van der Waals surface area contributed by atoms with Crippen molar-refractivity contribution in [2.24, 2.45) is 5.92 Å². The van der Waals surface area contributed by atoms with Crippen LogP contribution in [-0.2, 0) is 6.42 Å². The van der Waals surface area contributed by atoms with Gasteiger partial charge in [0.25, 0.3) is 0 Å². The number of hydrogen-bond donors (Lipinski definition) is 1. The Bertz CT molecular complexity index is 367. The molecule has 1 aliphatic carbocycles. The monoisotopic (exact) mass is 224 g/mol. The molecule has 1 fully saturated rings. The highest BCUT2D eigenvalue weighted by atomic mass is 35.5. The van der Waals surface area contributed by atoms with Crippen LogP contribution < -0.4 is 0 Å². The van der Waals surface area contributed by atoms with Gasteiger partial charge in [0, 0.05) is 11.4 Å². The van der Waals surface area contributed by atoms with Crippen LogP contribution in [0, 0.1) is 12.8 Å². The number of hydrogen-bond acceptors (Lipinski definition) is 1. The summed E-state index contributed by atoms with van der Waals surface area (Å²) in [5.41, 5.74) is 1.73. The van der Waals surface area contributed by atoms with Crippen LogP contribution in [0.3, 0.4) is 0 Å². The van der Waals surface area contributed by atoms with Gasteiger partial charge in [0.1, 0.15) is 0 Å². The largest absolute Gasteiger partial charge is 0.390 e. The summed E-state index contributed by atoms with van der Waals surface area (Å²) in [5, 5.41) is 10.9. The van der Waals surface area contributed by atoms with E-state index in [1.807, 2.05) is 25.1 Å². The smallest absolute Gasteiger partial charge is 0.0693 e. The fraction of sp³-hybridized carbons (Fsp3) is 0.538. The Morgan fingerprint density at radius 2 is 2.13 bits per heavy atom. The van der Waals surface area contributed by atoms with Gasteiger partial charge in [-0.25, -0.2) is 0 Å². The van der Waals surface area contributed by atoms with Gasteiger partial charge in [0.2, 0.25) is 0 Å². The Morgan fingerprint density at radius 3 is 2.67 bits per heavy atom. The summed E-state index contributed by atoms with van der Waals surface area (Å²) < 4.78 is 0. The van der Waals surface area contributed by atoms with E-state index < -0.39 is 5.60 Å². The molecule has 2 heteroatoms. The van der Waals surface area contributed by atoms with Crippen molar-refractivity contribution in [2.45, 2.75) is 38.7 Å². The van der Waals surface area contributed by atoms with Crippen molar-refractivity contribution in [3.05, 3.63) is 34.3 Å². The Balaban J connectivity index is 2.11. The Labute approximate surface area is 96.1 Å². The van der Waals surface area contributed by atoms with Gasteiger partial charge in [-0.2, -0.15) is 0 Å². The van der Waals surface area contributed by atoms with Crippen molar-refractivity contribution < 1.29 is 5.11 Å². The Hall–Kier alpha value is -0.530. The van der Waals surface area contributed by atoms with Crippen LogP contribution >= 0.6 is 11.6 Å². The zero-order valence-corrected chi connectivity index (χ0v) is 10.0. The van der Waals surface area contributed by atoms with Gasteiger partial charge in [0.05, 0.1) is 5.60 Å². The first-order valence-electron chi connectivity index (χ1n) is 5.46. The zero-order valence-electron chi connectivity index (χ0n) is 9.26. The molecule has 0 aromatic heterocycles. The number of aliphatic hydroxyl groups is 1. The lowest BCUT2D eigenvalue weighted by molar-refractivity contribution is -0.0665. The van der Waals surface area contributed by atoms with Gasteiger partial charge in [-0.1, -0.05) is 30.7 Å². The molecule has 0 atom stereocenters. The van der Waals surface area contributed by atoms with E-state index >= 15 is 0 Å². The van der Waals surface area contributed by atoms with Gasteiger partial charge in [0.15, 0.2) is 0 Å². The predicted octanol–water partition coefficient (Wildman–Crippen LogP) is 3.35. The summed E-state index contributed by atoms with van der Waals surface area (Å²) in [5.74, 6) is 0.652. The van der Waals surface area contributed by atoms with Gasteiger partial charge >= 0.3 is 0 Å². The van der Waals surface area contributed by atoms with Crippen molar-refractivity contribution in [2.75, 3.05) is 0 Å². The maximum Gasteiger partial charge on any atom is 0.0693 e. The number of aryl methyl sites for hydroxylation is 1. The normalized spacial score (nSPS) is 30.0. The molecule has 0 bridgehead atoms. The maximum atomic E-state index is 10.2. The van der Waals surface area contributed by atoms with Crippen LogP contribution in [0.1, 0.15) is 30.9 Å². The molecule has 1 nitrogen and oxygen atoms in total. The summed E-state index contributed by atoms with van der Waals surface area (Å²) in [6.45, 7) is 4.20. The number of benzene rings is 1. The van der Waals surface area contributed by atoms with Gasteiger partial charge < -0.3 is 5.11 Å². The average Bonchev–Trinajstić information content (AvgIpc) is 2.08. The van der Waals surface area contributed by atoms with Gasteiger partial charge in [-0.05, 0) is 42.9 Å². The van der Waals surface area contributed by atoms with E-state index in [0.717, 1.165) is 29.0 Å². The van der Waals surface area contributed by atoms with Gasteiger partial charge in [-0.15, -0.1) is 0 Å². The fourth-order valence-corrected chi connectivity index (χ4v) is 2.83. The molecule has 2 rings (SSSR count). The highest BCUT2D eigenvalue weighted by Gasteiger charge is 2.40. The molecule has 1 aliphatic rings. The van der Waals surface area contributed by atoms with Crippen molar-refractivity contribution in [3.8, 4) is 0 Å². The zero-order chi connectivity index (χ0) is 11.1.